The summed E-state index contributed by atoms with van der Waals surface area (Å²) in [5.41, 5.74) is -3.77. The van der Waals surface area contributed by atoms with E-state index in [0.29, 0.717) is 12.1 Å². The van der Waals surface area contributed by atoms with Crippen molar-refractivity contribution < 1.29 is 45.0 Å². The fourth-order valence-electron chi connectivity index (χ4n) is 3.32. The lowest BCUT2D eigenvalue weighted by Gasteiger charge is -2.17. The van der Waals surface area contributed by atoms with E-state index >= 15 is 0 Å². The molecule has 3 aromatic rings. The number of ether oxygens (including phenoxy) is 2. The van der Waals surface area contributed by atoms with Gasteiger partial charge in [-0.3, -0.25) is 9.36 Å². The summed E-state index contributed by atoms with van der Waals surface area (Å²) in [6.07, 6.45) is -10.1. The molecule has 0 fully saturated rings. The Balaban J connectivity index is 1.75. The maximum absolute atomic E-state index is 13.9. The molecule has 0 radical (unpaired) electrons. The molecule has 15 heteroatoms. The second kappa shape index (κ2) is 12.0. The third-order valence-corrected chi connectivity index (χ3v) is 5.92. The number of hydrogen-bond donors (Lipinski definition) is 1. The van der Waals surface area contributed by atoms with Crippen molar-refractivity contribution in [1.82, 2.24) is 14.8 Å². The zero-order valence-electron chi connectivity index (χ0n) is 19.9. The van der Waals surface area contributed by atoms with Gasteiger partial charge in [0.05, 0.1) is 29.5 Å². The number of benzene rings is 2. The van der Waals surface area contributed by atoms with Gasteiger partial charge in [0.2, 0.25) is 5.91 Å². The molecule has 0 saturated carbocycles. The minimum atomic E-state index is -5.05. The van der Waals surface area contributed by atoms with Crippen LogP contribution < -0.4 is 10.1 Å². The first kappa shape index (κ1) is 29.2. The lowest BCUT2D eigenvalue weighted by Crippen LogP contribution is -2.19. The van der Waals surface area contributed by atoms with E-state index in [4.69, 9.17) is 9.47 Å². The fourth-order valence-corrected chi connectivity index (χ4v) is 4.18. The van der Waals surface area contributed by atoms with Gasteiger partial charge < -0.3 is 14.8 Å². The number of rotatable bonds is 10. The number of carbonyl (C=O) groups excluding carboxylic acids is 1. The van der Waals surface area contributed by atoms with Gasteiger partial charge in [0.25, 0.3) is 0 Å². The van der Waals surface area contributed by atoms with Gasteiger partial charge in [0.1, 0.15) is 6.61 Å². The molecule has 7 nitrogen and oxygen atoms in total. The van der Waals surface area contributed by atoms with Crippen molar-refractivity contribution in [3.05, 3.63) is 65.2 Å². The molecule has 1 atom stereocenters. The minimum Gasteiger partial charge on any atom is -0.483 e. The summed E-state index contributed by atoms with van der Waals surface area (Å²) in [5, 5.41) is 10.3. The highest BCUT2D eigenvalue weighted by Gasteiger charge is 2.37. The molecule has 3 rings (SSSR count). The van der Waals surface area contributed by atoms with Crippen molar-refractivity contribution in [1.29, 1.82) is 0 Å². The number of alkyl halides is 6. The lowest BCUT2D eigenvalue weighted by molar-refractivity contribution is -0.143. The van der Waals surface area contributed by atoms with Gasteiger partial charge in [-0.15, -0.1) is 10.2 Å². The molecule has 38 heavy (non-hydrogen) atoms. The SMILES string of the molecule is COC[C@H](C)n1c(COc2ccccc2F)nnc1SCC(=O)Nc1cc(C(F)(F)F)cc(C(F)(F)F)c1. The summed E-state index contributed by atoms with van der Waals surface area (Å²) in [4.78, 5) is 12.4. The van der Waals surface area contributed by atoms with E-state index in [1.54, 1.807) is 17.6 Å². The van der Waals surface area contributed by atoms with Crippen LogP contribution in [0.1, 0.15) is 29.9 Å². The average Bonchev–Trinajstić information content (AvgIpc) is 3.24. The van der Waals surface area contributed by atoms with Crippen LogP contribution >= 0.6 is 11.8 Å². The molecule has 1 aromatic heterocycles. The Hall–Kier alpha value is -3.33. The number of para-hydroxylation sites is 1. The molecular weight excluding hydrogens is 545 g/mol. The number of aromatic nitrogens is 3. The highest BCUT2D eigenvalue weighted by atomic mass is 32.2. The second-order valence-corrected chi connectivity index (χ2v) is 8.87. The number of hydrogen-bond acceptors (Lipinski definition) is 6. The van der Waals surface area contributed by atoms with Crippen molar-refractivity contribution in [3.63, 3.8) is 0 Å². The van der Waals surface area contributed by atoms with E-state index < -0.39 is 46.6 Å². The first-order valence-corrected chi connectivity index (χ1v) is 11.8. The van der Waals surface area contributed by atoms with Crippen LogP contribution in [0.15, 0.2) is 47.6 Å². The first-order chi connectivity index (χ1) is 17.8. The monoisotopic (exact) mass is 566 g/mol. The number of nitrogens with zero attached hydrogens (tertiary/aromatic N) is 3. The van der Waals surface area contributed by atoms with E-state index in [2.05, 4.69) is 15.5 Å². The quantitative estimate of drug-likeness (QED) is 0.241. The van der Waals surface area contributed by atoms with Crippen LogP contribution in [0.3, 0.4) is 0 Å². The van der Waals surface area contributed by atoms with Crippen LogP contribution in [-0.2, 0) is 28.5 Å². The van der Waals surface area contributed by atoms with Gasteiger partial charge in [-0.1, -0.05) is 23.9 Å². The summed E-state index contributed by atoms with van der Waals surface area (Å²) in [6.45, 7) is 1.78. The Bertz CT molecular complexity index is 1230. The van der Waals surface area contributed by atoms with E-state index in [-0.39, 0.29) is 42.1 Å². The van der Waals surface area contributed by atoms with Crippen molar-refractivity contribution in [3.8, 4) is 5.75 Å². The predicted molar refractivity (Wildman–Crippen MR) is 123 cm³/mol. The van der Waals surface area contributed by atoms with Crippen LogP contribution in [0.5, 0.6) is 5.75 Å². The van der Waals surface area contributed by atoms with Crippen molar-refractivity contribution >= 4 is 23.4 Å². The smallest absolute Gasteiger partial charge is 0.416 e. The molecule has 1 heterocycles. The van der Waals surface area contributed by atoms with E-state index in [1.807, 2.05) is 0 Å². The van der Waals surface area contributed by atoms with Gasteiger partial charge in [-0.05, 0) is 37.3 Å². The lowest BCUT2D eigenvalue weighted by atomic mass is 10.1. The highest BCUT2D eigenvalue weighted by molar-refractivity contribution is 7.99. The number of amides is 1. The molecule has 0 saturated heterocycles. The molecule has 0 bridgehead atoms. The Labute approximate surface area is 216 Å². The molecule has 2 aromatic carbocycles. The van der Waals surface area contributed by atoms with Crippen molar-refractivity contribution in [2.45, 2.75) is 37.1 Å². The first-order valence-electron chi connectivity index (χ1n) is 10.8. The summed E-state index contributed by atoms with van der Waals surface area (Å²) in [7, 11) is 1.46. The fraction of sp³-hybridized carbons (Fsp3) is 0.348. The Morgan fingerprint density at radius 1 is 1.05 bits per heavy atom. The van der Waals surface area contributed by atoms with Crippen LogP contribution in [0, 0.1) is 5.82 Å². The molecule has 206 valence electrons. The van der Waals surface area contributed by atoms with Crippen LogP contribution in [-0.4, -0.2) is 40.1 Å². The van der Waals surface area contributed by atoms with Crippen molar-refractivity contribution in [2.24, 2.45) is 0 Å². The number of thioether (sulfide) groups is 1. The number of nitrogens with one attached hydrogen (secondary N) is 1. The molecule has 1 amide bonds. The zero-order chi connectivity index (χ0) is 28.1. The molecule has 0 aliphatic carbocycles. The highest BCUT2D eigenvalue weighted by Crippen LogP contribution is 2.37. The van der Waals surface area contributed by atoms with Gasteiger partial charge in [-0.25, -0.2) is 4.39 Å². The molecule has 0 aliphatic rings. The normalized spacial score (nSPS) is 12.9. The number of anilines is 1. The van der Waals surface area contributed by atoms with Crippen LogP contribution in [0.2, 0.25) is 0 Å². The van der Waals surface area contributed by atoms with E-state index in [0.717, 1.165) is 11.8 Å². The van der Waals surface area contributed by atoms with Gasteiger partial charge in [0, 0.05) is 12.8 Å². The Kier molecular flexibility index (Phi) is 9.25. The number of carbonyl (C=O) groups is 1. The molecule has 1 N–H and O–H groups in total. The summed E-state index contributed by atoms with van der Waals surface area (Å²) < 4.78 is 105. The maximum atomic E-state index is 13.9. The van der Waals surface area contributed by atoms with Gasteiger partial charge >= 0.3 is 12.4 Å². The minimum absolute atomic E-state index is 0.0191. The summed E-state index contributed by atoms with van der Waals surface area (Å²) in [6, 6.07) is 6.15. The predicted octanol–water partition coefficient (Wildman–Crippen LogP) is 5.97. The number of halogens is 7. The third-order valence-electron chi connectivity index (χ3n) is 4.98. The summed E-state index contributed by atoms with van der Waals surface area (Å²) >= 11 is 0.841. The maximum Gasteiger partial charge on any atom is 0.416 e. The summed E-state index contributed by atoms with van der Waals surface area (Å²) in [5.74, 6) is -1.62. The van der Waals surface area contributed by atoms with Gasteiger partial charge in [0.15, 0.2) is 22.5 Å². The second-order valence-electron chi connectivity index (χ2n) is 7.92. The zero-order valence-corrected chi connectivity index (χ0v) is 20.7. The molecule has 0 aliphatic heterocycles. The third kappa shape index (κ3) is 7.60. The van der Waals surface area contributed by atoms with Crippen LogP contribution in [0.25, 0.3) is 0 Å². The largest absolute Gasteiger partial charge is 0.483 e. The Morgan fingerprint density at radius 2 is 1.68 bits per heavy atom. The molecule has 0 spiro atoms. The van der Waals surface area contributed by atoms with E-state index in [1.165, 1.54) is 25.3 Å². The van der Waals surface area contributed by atoms with E-state index in [9.17, 15) is 35.5 Å². The topological polar surface area (TPSA) is 78.3 Å². The Morgan fingerprint density at radius 3 is 2.26 bits per heavy atom. The molecular formula is C23H21F7N4O3S. The average molecular weight is 566 g/mol. The standard InChI is InChI=1S/C23H21F7N4O3S/c1-13(10-36-2)34-19(11-37-18-6-4-3-5-17(18)24)32-33-21(34)38-12-20(35)31-16-8-14(22(25,26)27)7-15(9-16)23(28,29)30/h3-9,13H,10-12H2,1-2H3,(H,31,35)/t13-/m0/s1. The van der Waals surface area contributed by atoms with Gasteiger partial charge in [-0.2, -0.15) is 26.3 Å². The van der Waals surface area contributed by atoms with Crippen LogP contribution in [0.4, 0.5) is 36.4 Å². The molecule has 0 unspecified atom stereocenters. The number of methoxy groups -OCH3 is 1. The van der Waals surface area contributed by atoms with Crippen molar-refractivity contribution in [2.75, 3.05) is 24.8 Å².